The first-order chi connectivity index (χ1) is 7.63. The molecule has 4 nitrogen and oxygen atoms in total. The number of aromatic hydroxyl groups is 1. The minimum Gasteiger partial charge on any atom is -0.506 e. The molecule has 5 heteroatoms. The standard InChI is InChI=1S/C11H11NO3S/c1-2-7-3-5-9(13)11-8(7)4-6-10(12-11)16(14)15/h3-6,12-13H,2H2,1H3. The van der Waals surface area contributed by atoms with Crippen LogP contribution < -0.4 is 0 Å². The van der Waals surface area contributed by atoms with Gasteiger partial charge in [0.25, 0.3) is 0 Å². The van der Waals surface area contributed by atoms with Crippen molar-refractivity contribution < 1.29 is 13.5 Å². The zero-order chi connectivity index (χ0) is 11.7. The zero-order valence-corrected chi connectivity index (χ0v) is 9.50. The van der Waals surface area contributed by atoms with Crippen LogP contribution in [0.15, 0.2) is 24.3 Å². The number of aromatic amines is 1. The van der Waals surface area contributed by atoms with Crippen LogP contribution in [0.2, 0.25) is 0 Å². The first kappa shape index (κ1) is 10.8. The summed E-state index contributed by atoms with van der Waals surface area (Å²) in [6.07, 6.45) is 0.824. The molecule has 0 fully saturated rings. The first-order valence-corrected chi connectivity index (χ1v) is 5.97. The summed E-state index contributed by atoms with van der Waals surface area (Å²) in [7, 11) is -2.32. The molecular weight excluding hydrogens is 226 g/mol. The summed E-state index contributed by atoms with van der Waals surface area (Å²) in [6.45, 7) is 2.01. The van der Waals surface area contributed by atoms with Gasteiger partial charge < -0.3 is 10.1 Å². The Balaban J connectivity index is 3.00. The van der Waals surface area contributed by atoms with Crippen molar-refractivity contribution in [3.05, 3.63) is 34.5 Å². The topological polar surface area (TPSA) is 70.2 Å². The highest BCUT2D eigenvalue weighted by Gasteiger charge is 2.04. The minimum atomic E-state index is -2.32. The van der Waals surface area contributed by atoms with Gasteiger partial charge in [0, 0.05) is 5.39 Å². The van der Waals surface area contributed by atoms with Gasteiger partial charge in [0.15, 0.2) is 4.64 Å². The van der Waals surface area contributed by atoms with Crippen molar-refractivity contribution in [1.82, 2.24) is 4.98 Å². The second-order valence-corrected chi connectivity index (χ2v) is 4.35. The van der Waals surface area contributed by atoms with Crippen LogP contribution in [0.1, 0.15) is 12.5 Å². The van der Waals surface area contributed by atoms with Gasteiger partial charge in [0.2, 0.25) is 10.3 Å². The highest BCUT2D eigenvalue weighted by molar-refractivity contribution is 7.63. The summed E-state index contributed by atoms with van der Waals surface area (Å²) >= 11 is 0. The van der Waals surface area contributed by atoms with Crippen LogP contribution in [-0.2, 0) is 16.7 Å². The molecule has 0 amide bonds. The number of rotatable bonds is 1. The average molecular weight is 237 g/mol. The summed E-state index contributed by atoms with van der Waals surface area (Å²) < 4.78 is 21.7. The Morgan fingerprint density at radius 2 is 2.00 bits per heavy atom. The van der Waals surface area contributed by atoms with E-state index in [1.165, 1.54) is 6.07 Å². The van der Waals surface area contributed by atoms with Crippen LogP contribution in [0.5, 0.6) is 5.75 Å². The second kappa shape index (κ2) is 4.02. The van der Waals surface area contributed by atoms with E-state index < -0.39 is 10.3 Å². The number of phenolic OH excluding ortho intramolecular Hbond substituents is 1. The number of hydrogen-bond acceptors (Lipinski definition) is 3. The molecule has 84 valence electrons. The quantitative estimate of drug-likeness (QED) is 0.743. The Labute approximate surface area is 93.7 Å². The van der Waals surface area contributed by atoms with E-state index in [2.05, 4.69) is 4.98 Å². The molecule has 2 aromatic rings. The summed E-state index contributed by atoms with van der Waals surface area (Å²) in [5, 5.41) is 10.5. The highest BCUT2D eigenvalue weighted by Crippen LogP contribution is 2.25. The Morgan fingerprint density at radius 3 is 2.62 bits per heavy atom. The van der Waals surface area contributed by atoms with Crippen LogP contribution in [0, 0.1) is 4.64 Å². The first-order valence-electron chi connectivity index (χ1n) is 4.89. The van der Waals surface area contributed by atoms with Gasteiger partial charge >= 0.3 is 0 Å². The van der Waals surface area contributed by atoms with Crippen molar-refractivity contribution in [2.45, 2.75) is 13.3 Å². The third-order valence-electron chi connectivity index (χ3n) is 2.52. The molecule has 0 bridgehead atoms. The van der Waals surface area contributed by atoms with E-state index in [0.29, 0.717) is 5.52 Å². The van der Waals surface area contributed by atoms with E-state index in [-0.39, 0.29) is 10.4 Å². The van der Waals surface area contributed by atoms with Crippen molar-refractivity contribution >= 4 is 21.2 Å². The van der Waals surface area contributed by atoms with Gasteiger partial charge in [-0.05, 0) is 30.2 Å². The molecule has 1 aromatic heterocycles. The fourth-order valence-corrected chi connectivity index (χ4v) is 2.07. The summed E-state index contributed by atoms with van der Waals surface area (Å²) in [5.41, 5.74) is 1.52. The molecular formula is C11H11NO3S. The Hall–Kier alpha value is -1.75. The number of fused-ring (bicyclic) bond motifs is 1. The van der Waals surface area contributed by atoms with Crippen molar-refractivity contribution in [3.8, 4) is 5.75 Å². The van der Waals surface area contributed by atoms with Gasteiger partial charge in [0.05, 0.1) is 5.52 Å². The lowest BCUT2D eigenvalue weighted by atomic mass is 10.1. The van der Waals surface area contributed by atoms with Gasteiger partial charge in [-0.2, -0.15) is 8.42 Å². The van der Waals surface area contributed by atoms with E-state index >= 15 is 0 Å². The monoisotopic (exact) mass is 237 g/mol. The molecule has 0 unspecified atom stereocenters. The Kier molecular flexibility index (Phi) is 2.70. The third kappa shape index (κ3) is 1.69. The fourth-order valence-electron chi connectivity index (χ4n) is 1.70. The van der Waals surface area contributed by atoms with Gasteiger partial charge in [0.1, 0.15) is 5.75 Å². The summed E-state index contributed by atoms with van der Waals surface area (Å²) in [4.78, 5) is 2.71. The van der Waals surface area contributed by atoms with Gasteiger partial charge in [-0.1, -0.05) is 13.0 Å². The highest BCUT2D eigenvalue weighted by atomic mass is 32.2. The van der Waals surface area contributed by atoms with E-state index in [1.54, 1.807) is 12.1 Å². The van der Waals surface area contributed by atoms with E-state index in [9.17, 15) is 13.5 Å². The third-order valence-corrected chi connectivity index (χ3v) is 3.12. The smallest absolute Gasteiger partial charge is 0.238 e. The van der Waals surface area contributed by atoms with Gasteiger partial charge in [-0.15, -0.1) is 0 Å². The summed E-state index contributed by atoms with van der Waals surface area (Å²) in [6, 6.07) is 6.59. The molecule has 0 aliphatic rings. The number of nitrogens with one attached hydrogen (secondary N) is 1. The second-order valence-electron chi connectivity index (χ2n) is 3.44. The number of aryl methyl sites for hydroxylation is 1. The number of benzene rings is 1. The molecule has 0 spiro atoms. The molecule has 2 N–H and O–H groups in total. The predicted octanol–water partition coefficient (Wildman–Crippen LogP) is 1.85. The number of hydrogen-bond donors (Lipinski definition) is 2. The van der Waals surface area contributed by atoms with Crippen molar-refractivity contribution in [3.63, 3.8) is 0 Å². The van der Waals surface area contributed by atoms with Crippen molar-refractivity contribution in [2.24, 2.45) is 0 Å². The number of pyridine rings is 1. The number of phenols is 1. The predicted molar refractivity (Wildman–Crippen MR) is 61.5 cm³/mol. The minimum absolute atomic E-state index is 0.0551. The molecule has 0 saturated heterocycles. The molecule has 1 heterocycles. The lowest BCUT2D eigenvalue weighted by molar-refractivity contribution is 0.480. The Bertz CT molecular complexity index is 706. The SMILES string of the molecule is CCc1ccc(O)c2[nH]c(=S(=O)=O)ccc12. The Morgan fingerprint density at radius 1 is 1.25 bits per heavy atom. The normalized spacial score (nSPS) is 10.6. The fraction of sp³-hybridized carbons (Fsp3) is 0.182. The van der Waals surface area contributed by atoms with E-state index in [1.807, 2.05) is 13.0 Å². The zero-order valence-electron chi connectivity index (χ0n) is 8.69. The van der Waals surface area contributed by atoms with Crippen LogP contribution in [0.4, 0.5) is 0 Å². The molecule has 0 saturated carbocycles. The van der Waals surface area contributed by atoms with Gasteiger partial charge in [-0.3, -0.25) is 0 Å². The van der Waals surface area contributed by atoms with Gasteiger partial charge in [-0.25, -0.2) is 0 Å². The molecule has 1 aromatic carbocycles. The van der Waals surface area contributed by atoms with E-state index in [0.717, 1.165) is 17.4 Å². The van der Waals surface area contributed by atoms with Crippen LogP contribution in [0.25, 0.3) is 10.9 Å². The van der Waals surface area contributed by atoms with Crippen molar-refractivity contribution in [2.75, 3.05) is 0 Å². The number of aromatic nitrogens is 1. The van der Waals surface area contributed by atoms with Crippen LogP contribution >= 0.6 is 0 Å². The number of H-pyrrole nitrogens is 1. The average Bonchev–Trinajstić information content (AvgIpc) is 2.29. The van der Waals surface area contributed by atoms with Crippen molar-refractivity contribution in [1.29, 1.82) is 0 Å². The molecule has 0 aliphatic carbocycles. The molecule has 16 heavy (non-hydrogen) atoms. The lowest BCUT2D eigenvalue weighted by Crippen LogP contribution is -1.88. The molecule has 2 rings (SSSR count). The van der Waals surface area contributed by atoms with E-state index in [4.69, 9.17) is 0 Å². The maximum absolute atomic E-state index is 10.8. The maximum atomic E-state index is 10.8. The lowest BCUT2D eigenvalue weighted by Gasteiger charge is -2.05. The van der Waals surface area contributed by atoms with Crippen LogP contribution in [-0.4, -0.2) is 18.5 Å². The van der Waals surface area contributed by atoms with Crippen LogP contribution in [0.3, 0.4) is 0 Å². The largest absolute Gasteiger partial charge is 0.506 e. The summed E-state index contributed by atoms with van der Waals surface area (Å²) in [5.74, 6) is 0.0551. The molecule has 0 radical (unpaired) electrons. The molecule has 0 atom stereocenters. The maximum Gasteiger partial charge on any atom is 0.238 e. The molecule has 0 aliphatic heterocycles.